The molecule has 0 saturated heterocycles. The summed E-state index contributed by atoms with van der Waals surface area (Å²) in [7, 11) is 0. The van der Waals surface area contributed by atoms with Crippen LogP contribution in [0.15, 0.2) is 24.3 Å². The zero-order valence-corrected chi connectivity index (χ0v) is 47.3. The maximum absolute atomic E-state index is 12.5. The minimum atomic E-state index is -0.855. The quantitative estimate of drug-likeness (QED) is 0.0321. The summed E-state index contributed by atoms with van der Waals surface area (Å²) in [6.45, 7) is 4.90. The molecular formula is C64H123NO5. The second-order valence-electron chi connectivity index (χ2n) is 21.7. The lowest BCUT2D eigenvalue weighted by Crippen LogP contribution is -2.45. The second-order valence-corrected chi connectivity index (χ2v) is 21.7. The maximum atomic E-state index is 12.5. The van der Waals surface area contributed by atoms with E-state index in [9.17, 15) is 19.8 Å². The van der Waals surface area contributed by atoms with Gasteiger partial charge < -0.3 is 20.3 Å². The topological polar surface area (TPSA) is 95.9 Å². The molecule has 0 heterocycles. The van der Waals surface area contributed by atoms with Crippen molar-refractivity contribution in [2.24, 2.45) is 0 Å². The van der Waals surface area contributed by atoms with Gasteiger partial charge in [0.15, 0.2) is 0 Å². The van der Waals surface area contributed by atoms with E-state index in [0.29, 0.717) is 19.4 Å². The van der Waals surface area contributed by atoms with Crippen LogP contribution in [0.5, 0.6) is 0 Å². The van der Waals surface area contributed by atoms with E-state index in [2.05, 4.69) is 31.3 Å². The molecule has 0 bridgehead atoms. The highest BCUT2D eigenvalue weighted by Crippen LogP contribution is 2.18. The first-order chi connectivity index (χ1) is 34.5. The van der Waals surface area contributed by atoms with Crippen molar-refractivity contribution in [1.29, 1.82) is 0 Å². The summed E-state index contributed by atoms with van der Waals surface area (Å²) in [6, 6.07) is -0.640. The molecule has 0 aliphatic carbocycles. The Bertz CT molecular complexity index is 1090. The molecule has 3 N–H and O–H groups in total. The van der Waals surface area contributed by atoms with E-state index in [1.807, 2.05) is 6.08 Å². The highest BCUT2D eigenvalue weighted by Gasteiger charge is 2.18. The third-order valence-corrected chi connectivity index (χ3v) is 14.7. The number of rotatable bonds is 59. The zero-order valence-electron chi connectivity index (χ0n) is 47.3. The summed E-state index contributed by atoms with van der Waals surface area (Å²) in [4.78, 5) is 24.6. The van der Waals surface area contributed by atoms with Gasteiger partial charge in [-0.05, 0) is 57.8 Å². The van der Waals surface area contributed by atoms with Gasteiger partial charge in [0, 0.05) is 12.8 Å². The molecule has 0 aromatic heterocycles. The number of nitrogens with one attached hydrogen (secondary N) is 1. The number of allylic oxidation sites excluding steroid dienone is 3. The summed E-state index contributed by atoms with van der Waals surface area (Å²) in [5, 5.41) is 23.2. The normalized spacial score (nSPS) is 12.7. The molecule has 0 fully saturated rings. The first-order valence-corrected chi connectivity index (χ1v) is 31.6. The molecule has 0 spiro atoms. The van der Waals surface area contributed by atoms with Gasteiger partial charge in [-0.1, -0.05) is 301 Å². The fraction of sp³-hybridized carbons (Fsp3) is 0.906. The number of unbranched alkanes of at least 4 members (excludes halogenated alkanes) is 46. The Morgan fingerprint density at radius 3 is 1.01 bits per heavy atom. The lowest BCUT2D eigenvalue weighted by molar-refractivity contribution is -0.143. The minimum absolute atomic E-state index is 0.00758. The van der Waals surface area contributed by atoms with Gasteiger partial charge in [0.1, 0.15) is 0 Å². The Hall–Kier alpha value is -1.66. The number of ether oxygens (including phenoxy) is 1. The number of carbonyl (C=O) groups is 2. The molecule has 414 valence electrons. The number of aliphatic hydroxyl groups is 2. The molecule has 2 atom stereocenters. The predicted molar refractivity (Wildman–Crippen MR) is 306 cm³/mol. The number of aliphatic hydroxyl groups excluding tert-OH is 2. The Morgan fingerprint density at radius 1 is 0.386 bits per heavy atom. The standard InChI is InChI=1S/C64H123NO5/c1-3-5-7-9-11-13-15-17-19-20-21-22-23-24-25-26-29-32-36-40-44-48-52-56-62(67)61(60-66)65-63(68)57-53-49-45-41-37-33-30-27-31-35-39-43-47-51-55-59-70-64(69)58-54-50-46-42-38-34-28-18-16-14-12-10-8-6-4-2/h31,35,52,56,61-62,66-67H,3-30,32-34,36-51,53-55,57-60H2,1-2H3,(H,65,68)/b35-31-,56-52+. The molecule has 0 aromatic rings. The molecule has 70 heavy (non-hydrogen) atoms. The molecule has 6 heteroatoms. The fourth-order valence-corrected chi connectivity index (χ4v) is 9.87. The van der Waals surface area contributed by atoms with Crippen molar-refractivity contribution in [3.8, 4) is 0 Å². The van der Waals surface area contributed by atoms with Gasteiger partial charge in [-0.15, -0.1) is 0 Å². The van der Waals surface area contributed by atoms with Gasteiger partial charge in [0.2, 0.25) is 5.91 Å². The summed E-state index contributed by atoms with van der Waals surface area (Å²) in [5.41, 5.74) is 0. The van der Waals surface area contributed by atoms with E-state index in [4.69, 9.17) is 4.74 Å². The van der Waals surface area contributed by atoms with Crippen LogP contribution >= 0.6 is 0 Å². The van der Waals surface area contributed by atoms with Crippen molar-refractivity contribution in [1.82, 2.24) is 5.32 Å². The van der Waals surface area contributed by atoms with Crippen molar-refractivity contribution in [2.45, 2.75) is 360 Å². The Kier molecular flexibility index (Phi) is 58.5. The third kappa shape index (κ3) is 55.7. The van der Waals surface area contributed by atoms with Crippen LogP contribution in [0.1, 0.15) is 348 Å². The largest absolute Gasteiger partial charge is 0.466 e. The Morgan fingerprint density at radius 2 is 0.671 bits per heavy atom. The molecule has 2 unspecified atom stereocenters. The number of amides is 1. The molecule has 0 rings (SSSR count). The van der Waals surface area contributed by atoms with Gasteiger partial charge in [-0.3, -0.25) is 9.59 Å². The number of hydrogen-bond donors (Lipinski definition) is 3. The van der Waals surface area contributed by atoms with Crippen LogP contribution in [0, 0.1) is 0 Å². The maximum Gasteiger partial charge on any atom is 0.305 e. The molecule has 0 aliphatic rings. The highest BCUT2D eigenvalue weighted by atomic mass is 16.5. The Balaban J connectivity index is 3.49. The predicted octanol–water partition coefficient (Wildman–Crippen LogP) is 19.8. The van der Waals surface area contributed by atoms with Crippen LogP contribution in [0.3, 0.4) is 0 Å². The average Bonchev–Trinajstić information content (AvgIpc) is 3.36. The van der Waals surface area contributed by atoms with Crippen molar-refractivity contribution < 1.29 is 24.5 Å². The van der Waals surface area contributed by atoms with Gasteiger partial charge in [0.25, 0.3) is 0 Å². The molecule has 0 aliphatic heterocycles. The van der Waals surface area contributed by atoms with Crippen molar-refractivity contribution in [3.63, 3.8) is 0 Å². The number of carbonyl (C=O) groups excluding carboxylic acids is 2. The van der Waals surface area contributed by atoms with Crippen molar-refractivity contribution in [3.05, 3.63) is 24.3 Å². The molecular weight excluding hydrogens is 863 g/mol. The van der Waals surface area contributed by atoms with Crippen LogP contribution < -0.4 is 5.32 Å². The van der Waals surface area contributed by atoms with Gasteiger partial charge in [-0.2, -0.15) is 0 Å². The van der Waals surface area contributed by atoms with Gasteiger partial charge in [-0.25, -0.2) is 0 Å². The van der Waals surface area contributed by atoms with Crippen LogP contribution in [-0.4, -0.2) is 47.4 Å². The van der Waals surface area contributed by atoms with E-state index in [-0.39, 0.29) is 18.5 Å². The van der Waals surface area contributed by atoms with Crippen molar-refractivity contribution in [2.75, 3.05) is 13.2 Å². The van der Waals surface area contributed by atoms with Gasteiger partial charge in [0.05, 0.1) is 25.4 Å². The van der Waals surface area contributed by atoms with E-state index in [1.165, 1.54) is 250 Å². The van der Waals surface area contributed by atoms with Crippen LogP contribution in [-0.2, 0) is 14.3 Å². The van der Waals surface area contributed by atoms with E-state index >= 15 is 0 Å². The monoisotopic (exact) mass is 986 g/mol. The smallest absolute Gasteiger partial charge is 0.305 e. The fourth-order valence-electron chi connectivity index (χ4n) is 9.87. The highest BCUT2D eigenvalue weighted by molar-refractivity contribution is 5.76. The first kappa shape index (κ1) is 68.3. The SMILES string of the molecule is CCCCCCCCCCCCCCCCCCCCCCC/C=C/C(O)C(CO)NC(=O)CCCCCCCCC/C=C\CCCCCCOC(=O)CCCCCCCCCCCCCCCCC. The number of hydrogen-bond acceptors (Lipinski definition) is 5. The van der Waals surface area contributed by atoms with E-state index < -0.39 is 12.1 Å². The third-order valence-electron chi connectivity index (χ3n) is 14.7. The van der Waals surface area contributed by atoms with Crippen LogP contribution in [0.25, 0.3) is 0 Å². The lowest BCUT2D eigenvalue weighted by atomic mass is 10.0. The first-order valence-electron chi connectivity index (χ1n) is 31.6. The second kappa shape index (κ2) is 59.9. The summed E-state index contributed by atoms with van der Waals surface area (Å²) >= 11 is 0. The number of esters is 1. The summed E-state index contributed by atoms with van der Waals surface area (Å²) in [6.07, 6.45) is 73.6. The van der Waals surface area contributed by atoms with Gasteiger partial charge >= 0.3 is 5.97 Å². The van der Waals surface area contributed by atoms with E-state index in [0.717, 1.165) is 70.6 Å². The molecule has 0 aromatic carbocycles. The molecule has 6 nitrogen and oxygen atoms in total. The molecule has 1 amide bonds. The van der Waals surface area contributed by atoms with Crippen LogP contribution in [0.4, 0.5) is 0 Å². The average molecular weight is 987 g/mol. The Labute approximate surface area is 437 Å². The minimum Gasteiger partial charge on any atom is -0.466 e. The lowest BCUT2D eigenvalue weighted by Gasteiger charge is -2.20. The van der Waals surface area contributed by atoms with Crippen LogP contribution in [0.2, 0.25) is 0 Å². The molecule has 0 radical (unpaired) electrons. The van der Waals surface area contributed by atoms with Crippen molar-refractivity contribution >= 4 is 11.9 Å². The summed E-state index contributed by atoms with van der Waals surface area (Å²) in [5.74, 6) is -0.0872. The molecule has 0 saturated carbocycles. The zero-order chi connectivity index (χ0) is 50.7. The summed E-state index contributed by atoms with van der Waals surface area (Å²) < 4.78 is 5.47. The van der Waals surface area contributed by atoms with E-state index in [1.54, 1.807) is 6.08 Å².